The van der Waals surface area contributed by atoms with E-state index in [0.717, 1.165) is 25.9 Å². The Morgan fingerprint density at radius 1 is 1.28 bits per heavy atom. The monoisotopic (exact) mass is 346 g/mol. The van der Waals surface area contributed by atoms with Gasteiger partial charge in [0.25, 0.3) is 0 Å². The summed E-state index contributed by atoms with van der Waals surface area (Å²) in [6, 6.07) is 0.477. The average molecular weight is 346 g/mol. The van der Waals surface area contributed by atoms with Crippen molar-refractivity contribution in [2.75, 3.05) is 19.6 Å². The molecule has 8 heteroatoms. The van der Waals surface area contributed by atoms with Gasteiger partial charge in [0, 0.05) is 38.5 Å². The summed E-state index contributed by atoms with van der Waals surface area (Å²) in [5.41, 5.74) is 0. The third-order valence-corrected chi connectivity index (χ3v) is 5.97. The molecule has 2 bridgehead atoms. The molecule has 0 unspecified atom stereocenters. The Bertz CT molecular complexity index is 619. The summed E-state index contributed by atoms with van der Waals surface area (Å²) in [7, 11) is 0. The first-order valence-electron chi connectivity index (χ1n) is 9.33. The SMILES string of the molecule is O=C(CCn1cnnc1)NC[C@H]1[C@@H]2CNC[C@H](C2)[C@@H]2CCCC(=O)N21. The largest absolute Gasteiger partial charge is 0.354 e. The minimum atomic E-state index is 0.0144. The fourth-order valence-corrected chi connectivity index (χ4v) is 4.77. The van der Waals surface area contributed by atoms with Crippen molar-refractivity contribution in [3.8, 4) is 0 Å². The van der Waals surface area contributed by atoms with Crippen molar-refractivity contribution in [3.05, 3.63) is 12.7 Å². The molecule has 0 spiro atoms. The molecule has 3 fully saturated rings. The molecule has 2 amide bonds. The summed E-state index contributed by atoms with van der Waals surface area (Å²) >= 11 is 0. The molecular formula is C17H26N6O2. The third-order valence-electron chi connectivity index (χ3n) is 5.97. The smallest absolute Gasteiger partial charge is 0.223 e. The second-order valence-corrected chi connectivity index (χ2v) is 7.50. The van der Waals surface area contributed by atoms with Crippen LogP contribution in [-0.4, -0.2) is 63.2 Å². The second-order valence-electron chi connectivity index (χ2n) is 7.50. The number of nitrogens with one attached hydrogen (secondary N) is 2. The maximum atomic E-state index is 12.6. The predicted molar refractivity (Wildman–Crippen MR) is 90.4 cm³/mol. The predicted octanol–water partition coefficient (Wildman–Crippen LogP) is -0.227. The van der Waals surface area contributed by atoms with Gasteiger partial charge in [-0.25, -0.2) is 0 Å². The number of fused-ring (bicyclic) bond motifs is 4. The highest BCUT2D eigenvalue weighted by molar-refractivity contribution is 5.78. The zero-order valence-corrected chi connectivity index (χ0v) is 14.4. The molecule has 3 saturated heterocycles. The van der Waals surface area contributed by atoms with E-state index in [-0.39, 0.29) is 17.9 Å². The van der Waals surface area contributed by atoms with Crippen LogP contribution < -0.4 is 10.6 Å². The Balaban J connectivity index is 1.37. The molecule has 0 radical (unpaired) electrons. The molecule has 4 heterocycles. The number of amides is 2. The molecular weight excluding hydrogens is 320 g/mol. The number of aryl methyl sites for hydroxylation is 1. The van der Waals surface area contributed by atoms with Crippen LogP contribution in [0.25, 0.3) is 0 Å². The molecule has 4 rings (SSSR count). The molecule has 136 valence electrons. The Labute approximate surface area is 147 Å². The van der Waals surface area contributed by atoms with Gasteiger partial charge >= 0.3 is 0 Å². The van der Waals surface area contributed by atoms with E-state index < -0.39 is 0 Å². The summed E-state index contributed by atoms with van der Waals surface area (Å²) in [5, 5.41) is 14.1. The lowest BCUT2D eigenvalue weighted by molar-refractivity contribution is -0.149. The van der Waals surface area contributed by atoms with Gasteiger partial charge in [0.1, 0.15) is 12.7 Å². The number of nitrogens with zero attached hydrogens (tertiary/aromatic N) is 4. The topological polar surface area (TPSA) is 92.1 Å². The first-order chi connectivity index (χ1) is 12.2. The van der Waals surface area contributed by atoms with Crippen LogP contribution in [0.15, 0.2) is 12.7 Å². The van der Waals surface area contributed by atoms with Crippen LogP contribution in [0.4, 0.5) is 0 Å². The van der Waals surface area contributed by atoms with Gasteiger partial charge in [0.2, 0.25) is 11.8 Å². The van der Waals surface area contributed by atoms with E-state index in [1.807, 2.05) is 0 Å². The summed E-state index contributed by atoms with van der Waals surface area (Å²) in [5.74, 6) is 1.30. The van der Waals surface area contributed by atoms with Crippen LogP contribution in [-0.2, 0) is 16.1 Å². The van der Waals surface area contributed by atoms with Crippen LogP contribution in [0.2, 0.25) is 0 Å². The minimum absolute atomic E-state index is 0.0144. The summed E-state index contributed by atoms with van der Waals surface area (Å²) < 4.78 is 1.79. The maximum Gasteiger partial charge on any atom is 0.223 e. The fourth-order valence-electron chi connectivity index (χ4n) is 4.77. The van der Waals surface area contributed by atoms with Gasteiger partial charge in [-0.1, -0.05) is 0 Å². The number of hydrogen-bond donors (Lipinski definition) is 2. The molecule has 1 aromatic rings. The molecule has 4 atom stereocenters. The zero-order valence-electron chi connectivity index (χ0n) is 14.4. The molecule has 0 aliphatic carbocycles. The maximum absolute atomic E-state index is 12.6. The molecule has 3 aliphatic heterocycles. The lowest BCUT2D eigenvalue weighted by atomic mass is 9.72. The van der Waals surface area contributed by atoms with Gasteiger partial charge in [-0.2, -0.15) is 0 Å². The number of aromatic nitrogens is 3. The van der Waals surface area contributed by atoms with Crippen molar-refractivity contribution >= 4 is 11.8 Å². The van der Waals surface area contributed by atoms with Crippen molar-refractivity contribution in [2.45, 2.75) is 50.7 Å². The van der Waals surface area contributed by atoms with Gasteiger partial charge in [-0.05, 0) is 37.6 Å². The van der Waals surface area contributed by atoms with Crippen molar-refractivity contribution < 1.29 is 9.59 Å². The minimum Gasteiger partial charge on any atom is -0.354 e. The number of carbonyl (C=O) groups is 2. The first kappa shape index (κ1) is 16.5. The highest BCUT2D eigenvalue weighted by Crippen LogP contribution is 2.39. The Hall–Kier alpha value is -1.96. The van der Waals surface area contributed by atoms with E-state index in [1.54, 1.807) is 17.2 Å². The number of carbonyl (C=O) groups excluding carboxylic acids is 2. The van der Waals surface area contributed by atoms with E-state index in [2.05, 4.69) is 25.7 Å². The van der Waals surface area contributed by atoms with Gasteiger partial charge in [-0.3, -0.25) is 9.59 Å². The van der Waals surface area contributed by atoms with Crippen molar-refractivity contribution in [3.63, 3.8) is 0 Å². The molecule has 2 N–H and O–H groups in total. The van der Waals surface area contributed by atoms with E-state index in [9.17, 15) is 9.59 Å². The number of rotatable bonds is 5. The summed E-state index contributed by atoms with van der Waals surface area (Å²) in [6.07, 6.45) is 7.54. The van der Waals surface area contributed by atoms with Crippen molar-refractivity contribution in [1.82, 2.24) is 30.3 Å². The van der Waals surface area contributed by atoms with Crippen molar-refractivity contribution in [1.29, 1.82) is 0 Å². The quantitative estimate of drug-likeness (QED) is 0.769. The lowest BCUT2D eigenvalue weighted by Crippen LogP contribution is -2.66. The standard InChI is InChI=1S/C17H26N6O2/c24-16(4-5-22-10-20-21-11-22)19-9-15-13-6-12(7-18-8-13)14-2-1-3-17(25)23(14)15/h10-15,18H,1-9H2,(H,19,24)/t12-,13-,14-,15-/m0/s1. The molecule has 0 aromatic carbocycles. The molecule has 8 nitrogen and oxygen atoms in total. The Kier molecular flexibility index (Phi) is 4.70. The van der Waals surface area contributed by atoms with Crippen LogP contribution in [0.3, 0.4) is 0 Å². The molecule has 25 heavy (non-hydrogen) atoms. The van der Waals surface area contributed by atoms with Crippen LogP contribution in [0.1, 0.15) is 32.1 Å². The average Bonchev–Trinajstić information content (AvgIpc) is 3.14. The van der Waals surface area contributed by atoms with Crippen LogP contribution in [0.5, 0.6) is 0 Å². The molecule has 0 saturated carbocycles. The van der Waals surface area contributed by atoms with Gasteiger partial charge in [0.05, 0.1) is 6.04 Å². The fraction of sp³-hybridized carbons (Fsp3) is 0.765. The van der Waals surface area contributed by atoms with Gasteiger partial charge in [0.15, 0.2) is 0 Å². The van der Waals surface area contributed by atoms with Crippen LogP contribution in [0, 0.1) is 11.8 Å². The van der Waals surface area contributed by atoms with Crippen molar-refractivity contribution in [2.24, 2.45) is 11.8 Å². The Morgan fingerprint density at radius 3 is 2.92 bits per heavy atom. The third kappa shape index (κ3) is 3.40. The Morgan fingerprint density at radius 2 is 2.08 bits per heavy atom. The van der Waals surface area contributed by atoms with E-state index in [4.69, 9.17) is 0 Å². The van der Waals surface area contributed by atoms with Crippen LogP contribution >= 0.6 is 0 Å². The van der Waals surface area contributed by atoms with E-state index in [0.29, 0.717) is 43.8 Å². The zero-order chi connectivity index (χ0) is 17.2. The summed E-state index contributed by atoms with van der Waals surface area (Å²) in [6.45, 7) is 3.08. The summed E-state index contributed by atoms with van der Waals surface area (Å²) in [4.78, 5) is 26.9. The van der Waals surface area contributed by atoms with E-state index >= 15 is 0 Å². The first-order valence-corrected chi connectivity index (χ1v) is 9.33. The van der Waals surface area contributed by atoms with E-state index in [1.165, 1.54) is 6.42 Å². The number of hydrogen-bond acceptors (Lipinski definition) is 5. The lowest BCUT2D eigenvalue weighted by Gasteiger charge is -2.54. The highest BCUT2D eigenvalue weighted by Gasteiger charge is 2.47. The molecule has 3 aliphatic rings. The normalized spacial score (nSPS) is 31.5. The highest BCUT2D eigenvalue weighted by atomic mass is 16.2. The number of piperidine rings is 3. The van der Waals surface area contributed by atoms with Gasteiger partial charge < -0.3 is 20.1 Å². The van der Waals surface area contributed by atoms with Gasteiger partial charge in [-0.15, -0.1) is 10.2 Å². The second kappa shape index (κ2) is 7.11. The molecule has 1 aromatic heterocycles.